The van der Waals surface area contributed by atoms with Crippen LogP contribution in [0.3, 0.4) is 0 Å². The molecule has 3 heterocycles. The van der Waals surface area contributed by atoms with Crippen LogP contribution in [0.15, 0.2) is 71.9 Å². The van der Waals surface area contributed by atoms with Crippen molar-refractivity contribution in [2.45, 2.75) is 186 Å². The van der Waals surface area contributed by atoms with Crippen LogP contribution in [0.1, 0.15) is 132 Å². The predicted molar refractivity (Wildman–Crippen MR) is 273 cm³/mol. The number of Topliss-reactive ketones (excluding diaryl/α,β-unsaturated/α-hetero) is 2. The number of fused-ring (bicyclic) bond motifs is 3. The maximum absolute atomic E-state index is 14.5. The molecular formula is C56H83ClN2O11. The van der Waals surface area contributed by atoms with E-state index in [1.54, 1.807) is 33.1 Å². The summed E-state index contributed by atoms with van der Waals surface area (Å²) in [5.41, 5.74) is 2.37. The number of amides is 1. The van der Waals surface area contributed by atoms with Gasteiger partial charge in [-0.1, -0.05) is 88.2 Å². The molecule has 1 aromatic carbocycles. The number of halogens is 1. The average Bonchev–Trinajstić information content (AvgIpc) is 3.33. The Morgan fingerprint density at radius 3 is 2.27 bits per heavy atom. The molecule has 15 atom stereocenters. The van der Waals surface area contributed by atoms with Gasteiger partial charge in [0.05, 0.1) is 18.3 Å². The molecule has 13 nitrogen and oxygen atoms in total. The van der Waals surface area contributed by atoms with Crippen molar-refractivity contribution in [3.05, 3.63) is 76.9 Å². The third-order valence-electron chi connectivity index (χ3n) is 15.5. The fourth-order valence-corrected chi connectivity index (χ4v) is 11.1. The van der Waals surface area contributed by atoms with Crippen LogP contribution in [0.4, 0.5) is 5.69 Å². The van der Waals surface area contributed by atoms with Gasteiger partial charge < -0.3 is 44.5 Å². The Bertz CT molecular complexity index is 2020. The lowest BCUT2D eigenvalue weighted by atomic mass is 9.78. The molecular weight excluding hydrogens is 912 g/mol. The highest BCUT2D eigenvalue weighted by atomic mass is 35.5. The number of carbonyl (C=O) groups is 4. The van der Waals surface area contributed by atoms with Gasteiger partial charge in [-0.3, -0.25) is 14.4 Å². The van der Waals surface area contributed by atoms with Crippen molar-refractivity contribution in [3.8, 4) is 0 Å². The molecule has 70 heavy (non-hydrogen) atoms. The van der Waals surface area contributed by atoms with Gasteiger partial charge in [0, 0.05) is 49.4 Å². The van der Waals surface area contributed by atoms with Crippen LogP contribution in [0.5, 0.6) is 0 Å². The van der Waals surface area contributed by atoms with Gasteiger partial charge in [-0.15, -0.1) is 0 Å². The summed E-state index contributed by atoms with van der Waals surface area (Å²) in [5, 5.41) is 38.4. The quantitative estimate of drug-likeness (QED) is 0.116. The Morgan fingerprint density at radius 2 is 1.57 bits per heavy atom. The van der Waals surface area contributed by atoms with E-state index in [1.807, 2.05) is 76.3 Å². The van der Waals surface area contributed by atoms with E-state index in [0.717, 1.165) is 17.7 Å². The molecule has 1 aliphatic carbocycles. The third-order valence-corrected chi connectivity index (χ3v) is 15.7. The van der Waals surface area contributed by atoms with E-state index in [2.05, 4.69) is 12.2 Å². The Hall–Kier alpha value is -3.69. The van der Waals surface area contributed by atoms with Crippen LogP contribution >= 0.6 is 11.6 Å². The largest absolute Gasteiger partial charge is 0.461 e. The zero-order chi connectivity index (χ0) is 51.3. The second-order valence-corrected chi connectivity index (χ2v) is 21.6. The number of piperidine rings is 1. The first-order chi connectivity index (χ1) is 33.3. The van der Waals surface area contributed by atoms with Gasteiger partial charge in [0.25, 0.3) is 11.7 Å². The molecule has 1 aromatic rings. The smallest absolute Gasteiger partial charge is 0.329 e. The standard InChI is InChI=1S/C56H83ClN2O11/c1-34-15-11-10-12-16-36(3)45(58-43-23-21-42(57)22-24-43)33-44-25-19-40(7)56(66,70-44)53(63)54(64)59-28-14-13-17-46(59)55(65)69-48(37(4)31-41-20-26-47(60)49(32-41)67-8)27-18-35(2)30-39(6)51(62)52(68-9)50(61)38(5)29-34/h10-12,15-16,21-24,30,34-35,37-38,40-41,44-49,51-52,58,60,62,66H,13-14,17-20,25-29,31-33H2,1-9H3/b12-10+,15-11+,36-16+,39-30+/t34-,35+,37-,38-,40?,41?,44?,45?,46+,47-,48+,49-,51-,52+,56-/m1/s1. The lowest BCUT2D eigenvalue weighted by Crippen LogP contribution is -2.61. The Kier molecular flexibility index (Phi) is 21.9. The predicted octanol–water partition coefficient (Wildman–Crippen LogP) is 9.12. The second-order valence-electron chi connectivity index (χ2n) is 21.2. The Labute approximate surface area is 422 Å². The molecule has 4 N–H and O–H groups in total. The Balaban J connectivity index is 1.48. The molecule has 3 fully saturated rings. The SMILES string of the molecule is CO[C@@H]1CC(C[C@@H](C)[C@@H]2CC[C@H](C)/C=C(\C)[C@@H](O)[C@@H](OC)C(=O)[C@H](C)C[C@H](C)/C=C/C=C/C=C(\C)C(Nc3ccc(Cl)cc3)CC3CCC(C)[C@@](O)(O3)C(=O)C(=O)N3CCCC[C@H]3C(=O)O2)CC[C@H]1O. The fourth-order valence-electron chi connectivity index (χ4n) is 11.0. The topological polar surface area (TPSA) is 181 Å². The van der Waals surface area contributed by atoms with Gasteiger partial charge in [-0.05, 0) is 151 Å². The number of benzene rings is 1. The summed E-state index contributed by atoms with van der Waals surface area (Å²) in [5.74, 6) is -6.24. The first-order valence-corrected chi connectivity index (χ1v) is 26.3. The van der Waals surface area contributed by atoms with Crippen LogP contribution in [-0.2, 0) is 38.1 Å². The molecule has 0 radical (unpaired) electrons. The highest BCUT2D eigenvalue weighted by Crippen LogP contribution is 2.38. The van der Waals surface area contributed by atoms with Crippen molar-refractivity contribution in [3.63, 3.8) is 0 Å². The molecule has 5 rings (SSSR count). The number of hydrogen-bond donors (Lipinski definition) is 4. The summed E-state index contributed by atoms with van der Waals surface area (Å²) in [7, 11) is 3.05. The average molecular weight is 996 g/mol. The minimum atomic E-state index is -2.41. The number of esters is 1. The normalized spacial score (nSPS) is 38.2. The number of ether oxygens (including phenoxy) is 4. The van der Waals surface area contributed by atoms with E-state index in [4.69, 9.17) is 30.5 Å². The van der Waals surface area contributed by atoms with E-state index >= 15 is 0 Å². The molecule has 1 saturated carbocycles. The number of carbonyl (C=O) groups excluding carboxylic acids is 4. The molecule has 2 saturated heterocycles. The van der Waals surface area contributed by atoms with Crippen LogP contribution in [-0.4, -0.2) is 119 Å². The summed E-state index contributed by atoms with van der Waals surface area (Å²) >= 11 is 6.22. The zero-order valence-electron chi connectivity index (χ0n) is 43.2. The van der Waals surface area contributed by atoms with Crippen molar-refractivity contribution < 1.29 is 53.4 Å². The first-order valence-electron chi connectivity index (χ1n) is 25.9. The van der Waals surface area contributed by atoms with Gasteiger partial charge in [0.15, 0.2) is 5.78 Å². The van der Waals surface area contributed by atoms with Crippen molar-refractivity contribution >= 4 is 40.7 Å². The number of rotatable bonds is 7. The number of cyclic esters (lactones) is 1. The van der Waals surface area contributed by atoms with Crippen LogP contribution in [0.25, 0.3) is 0 Å². The summed E-state index contributed by atoms with van der Waals surface area (Å²) in [6.45, 7) is 13.6. The fraction of sp³-hybridized carbons (Fsp3) is 0.679. The molecule has 14 heteroatoms. The molecule has 4 aliphatic rings. The van der Waals surface area contributed by atoms with Crippen molar-refractivity contribution in [1.29, 1.82) is 0 Å². The van der Waals surface area contributed by atoms with E-state index in [1.165, 1.54) is 12.0 Å². The molecule has 1 amide bonds. The number of methoxy groups -OCH3 is 2. The number of hydrogen-bond acceptors (Lipinski definition) is 12. The molecule has 2 bridgehead atoms. The summed E-state index contributed by atoms with van der Waals surface area (Å²) in [6, 6.07) is 5.99. The van der Waals surface area contributed by atoms with Gasteiger partial charge in [-0.2, -0.15) is 0 Å². The first kappa shape index (κ1) is 57.2. The van der Waals surface area contributed by atoms with Crippen molar-refractivity contribution in [1.82, 2.24) is 4.90 Å². The summed E-state index contributed by atoms with van der Waals surface area (Å²) in [4.78, 5) is 58.5. The maximum Gasteiger partial charge on any atom is 0.329 e. The molecule has 390 valence electrons. The molecule has 0 spiro atoms. The minimum absolute atomic E-state index is 0.0471. The second kappa shape index (κ2) is 26.8. The lowest BCUT2D eigenvalue weighted by Gasteiger charge is -2.43. The van der Waals surface area contributed by atoms with Crippen molar-refractivity contribution in [2.24, 2.45) is 35.5 Å². The van der Waals surface area contributed by atoms with Crippen molar-refractivity contribution in [2.75, 3.05) is 26.1 Å². The van der Waals surface area contributed by atoms with Gasteiger partial charge >= 0.3 is 5.97 Å². The van der Waals surface area contributed by atoms with Gasteiger partial charge in [0.1, 0.15) is 24.4 Å². The minimum Gasteiger partial charge on any atom is -0.461 e. The van der Waals surface area contributed by atoms with Crippen LogP contribution < -0.4 is 5.32 Å². The Morgan fingerprint density at radius 1 is 0.843 bits per heavy atom. The van der Waals surface area contributed by atoms with E-state index < -0.39 is 65.9 Å². The molecule has 0 aromatic heterocycles. The number of nitrogens with zero attached hydrogens (tertiary/aromatic N) is 1. The van der Waals surface area contributed by atoms with Gasteiger partial charge in [-0.25, -0.2) is 4.79 Å². The number of ketones is 2. The number of anilines is 1. The highest BCUT2D eigenvalue weighted by molar-refractivity contribution is 6.39. The summed E-state index contributed by atoms with van der Waals surface area (Å²) < 4.78 is 24.1. The van der Waals surface area contributed by atoms with Gasteiger partial charge in [0.2, 0.25) is 5.79 Å². The number of aliphatic hydroxyl groups excluding tert-OH is 2. The molecule has 3 aliphatic heterocycles. The number of aliphatic hydroxyl groups is 3. The van der Waals surface area contributed by atoms with E-state index in [-0.39, 0.29) is 54.1 Å². The zero-order valence-corrected chi connectivity index (χ0v) is 43.9. The maximum atomic E-state index is 14.5. The number of allylic oxidation sites excluding steroid dienone is 6. The number of nitrogens with one attached hydrogen (secondary N) is 1. The monoisotopic (exact) mass is 995 g/mol. The molecule has 4 unspecified atom stereocenters. The van der Waals surface area contributed by atoms with Crippen LogP contribution in [0, 0.1) is 35.5 Å². The van der Waals surface area contributed by atoms with E-state index in [9.17, 15) is 34.5 Å². The van der Waals surface area contributed by atoms with E-state index in [0.29, 0.717) is 87.6 Å². The van der Waals surface area contributed by atoms with Crippen LogP contribution in [0.2, 0.25) is 5.02 Å². The lowest BCUT2D eigenvalue weighted by molar-refractivity contribution is -0.263. The highest BCUT2D eigenvalue weighted by Gasteiger charge is 2.53. The third kappa shape index (κ3) is 15.4. The summed E-state index contributed by atoms with van der Waals surface area (Å²) in [6.07, 6.45) is 14.9.